The molecule has 3 aromatic rings. The van der Waals surface area contributed by atoms with Crippen LogP contribution in [0, 0.1) is 11.8 Å². The number of aromatic nitrogens is 1. The van der Waals surface area contributed by atoms with Gasteiger partial charge in [-0.25, -0.2) is 4.79 Å². The average molecular weight is 467 g/mol. The second-order valence-corrected chi connectivity index (χ2v) is 9.14. The van der Waals surface area contributed by atoms with Gasteiger partial charge >= 0.3 is 6.03 Å². The van der Waals surface area contributed by atoms with Crippen LogP contribution in [0.1, 0.15) is 35.4 Å². The highest BCUT2D eigenvalue weighted by Gasteiger charge is 2.49. The predicted octanol–water partition coefficient (Wildman–Crippen LogP) is 3.94. The van der Waals surface area contributed by atoms with Crippen LogP contribution in [0.5, 0.6) is 0 Å². The number of nitrogens with zero attached hydrogens (tertiary/aromatic N) is 3. The number of aliphatic hydroxyl groups excluding tert-OH is 1. The maximum absolute atomic E-state index is 13.0. The van der Waals surface area contributed by atoms with E-state index in [1.54, 1.807) is 24.5 Å². The molecule has 2 aliphatic rings. The Labute approximate surface area is 206 Å². The van der Waals surface area contributed by atoms with E-state index in [0.717, 1.165) is 42.7 Å². The molecule has 0 saturated carbocycles. The van der Waals surface area contributed by atoms with Crippen LogP contribution in [-0.2, 0) is 0 Å². The Morgan fingerprint density at radius 2 is 1.63 bits per heavy atom. The third-order valence-corrected chi connectivity index (χ3v) is 7.01. The Morgan fingerprint density at radius 1 is 0.943 bits per heavy atom. The molecule has 2 N–H and O–H groups in total. The summed E-state index contributed by atoms with van der Waals surface area (Å²) in [6, 6.07) is 22.1. The van der Waals surface area contributed by atoms with E-state index in [-0.39, 0.29) is 30.6 Å². The maximum Gasteiger partial charge on any atom is 0.321 e. The van der Waals surface area contributed by atoms with Crippen molar-refractivity contribution in [2.45, 2.75) is 30.8 Å². The lowest BCUT2D eigenvalue weighted by molar-refractivity contribution is -0.0585. The first-order chi connectivity index (χ1) is 17.2. The summed E-state index contributed by atoms with van der Waals surface area (Å²) < 4.78 is 0. The zero-order valence-electron chi connectivity index (χ0n) is 19.7. The normalized spacial score (nSPS) is 22.0. The fourth-order valence-electron chi connectivity index (χ4n) is 5.22. The lowest BCUT2D eigenvalue weighted by Crippen LogP contribution is -2.68. The van der Waals surface area contributed by atoms with Crippen LogP contribution in [0.2, 0.25) is 0 Å². The van der Waals surface area contributed by atoms with E-state index in [1.807, 2.05) is 35.2 Å². The summed E-state index contributed by atoms with van der Waals surface area (Å²) in [5, 5.41) is 13.2. The molecule has 6 nitrogen and oxygen atoms in total. The number of hydrogen-bond donors (Lipinski definition) is 2. The van der Waals surface area contributed by atoms with Crippen molar-refractivity contribution in [1.29, 1.82) is 0 Å². The quantitative estimate of drug-likeness (QED) is 0.574. The summed E-state index contributed by atoms with van der Waals surface area (Å²) >= 11 is 0. The molecule has 5 rings (SSSR count). The van der Waals surface area contributed by atoms with E-state index in [1.165, 1.54) is 5.56 Å². The van der Waals surface area contributed by atoms with E-state index in [2.05, 4.69) is 51.3 Å². The van der Waals surface area contributed by atoms with Gasteiger partial charge in [0.2, 0.25) is 0 Å². The van der Waals surface area contributed by atoms with Crippen molar-refractivity contribution >= 4 is 11.7 Å². The Hall–Kier alpha value is -3.66. The molecular weight excluding hydrogens is 436 g/mol. The molecule has 3 unspecified atom stereocenters. The third kappa shape index (κ3) is 5.22. The molecule has 1 aromatic heterocycles. The number of carbonyl (C=O) groups is 1. The molecule has 0 radical (unpaired) electrons. The maximum atomic E-state index is 13.0. The second-order valence-electron chi connectivity index (χ2n) is 9.14. The molecule has 0 spiro atoms. The number of benzene rings is 2. The van der Waals surface area contributed by atoms with Crippen LogP contribution in [-0.4, -0.2) is 64.2 Å². The van der Waals surface area contributed by atoms with Gasteiger partial charge in [0, 0.05) is 60.3 Å². The van der Waals surface area contributed by atoms with Crippen LogP contribution < -0.4 is 5.32 Å². The SMILES string of the molecule is O=C(Nc1ccncc1)N1CCCCN2C(CO)C(c3ccc(C#Cc4ccccc4)cc3)C2C1. The first kappa shape index (κ1) is 23.1. The minimum Gasteiger partial charge on any atom is -0.395 e. The molecule has 2 aliphatic heterocycles. The van der Waals surface area contributed by atoms with E-state index >= 15 is 0 Å². The zero-order valence-corrected chi connectivity index (χ0v) is 19.7. The van der Waals surface area contributed by atoms with Crippen LogP contribution in [0.25, 0.3) is 0 Å². The molecule has 3 atom stereocenters. The van der Waals surface area contributed by atoms with Gasteiger partial charge < -0.3 is 15.3 Å². The summed E-state index contributed by atoms with van der Waals surface area (Å²) in [7, 11) is 0. The summed E-state index contributed by atoms with van der Waals surface area (Å²) in [5.74, 6) is 6.61. The van der Waals surface area contributed by atoms with Gasteiger partial charge in [-0.2, -0.15) is 0 Å². The third-order valence-electron chi connectivity index (χ3n) is 7.01. The summed E-state index contributed by atoms with van der Waals surface area (Å²) in [6.45, 7) is 2.42. The fraction of sp³-hybridized carbons (Fsp3) is 0.310. The van der Waals surface area contributed by atoms with E-state index < -0.39 is 0 Å². The van der Waals surface area contributed by atoms with Crippen LogP contribution >= 0.6 is 0 Å². The number of hydrogen-bond acceptors (Lipinski definition) is 4. The highest BCUT2D eigenvalue weighted by atomic mass is 16.3. The molecule has 2 saturated heterocycles. The lowest BCUT2D eigenvalue weighted by atomic mass is 9.74. The van der Waals surface area contributed by atoms with Crippen LogP contribution in [0.15, 0.2) is 79.1 Å². The number of urea groups is 1. The lowest BCUT2D eigenvalue weighted by Gasteiger charge is -2.57. The van der Waals surface area contributed by atoms with Crippen LogP contribution in [0.3, 0.4) is 0 Å². The number of amides is 2. The van der Waals surface area contributed by atoms with E-state index in [4.69, 9.17) is 0 Å². The van der Waals surface area contributed by atoms with Gasteiger partial charge in [0.25, 0.3) is 0 Å². The van der Waals surface area contributed by atoms with Crippen molar-refractivity contribution in [1.82, 2.24) is 14.8 Å². The topological polar surface area (TPSA) is 68.7 Å². The van der Waals surface area contributed by atoms with Gasteiger partial charge in [0.05, 0.1) is 6.61 Å². The summed E-state index contributed by atoms with van der Waals surface area (Å²) in [5.41, 5.74) is 3.89. The smallest absolute Gasteiger partial charge is 0.321 e. The van der Waals surface area contributed by atoms with Crippen molar-refractivity contribution in [2.24, 2.45) is 0 Å². The van der Waals surface area contributed by atoms with Crippen molar-refractivity contribution in [3.8, 4) is 11.8 Å². The molecule has 2 fully saturated rings. The Balaban J connectivity index is 1.32. The largest absolute Gasteiger partial charge is 0.395 e. The summed E-state index contributed by atoms with van der Waals surface area (Å²) in [4.78, 5) is 21.4. The number of carbonyl (C=O) groups excluding carboxylic acids is 1. The molecule has 6 heteroatoms. The van der Waals surface area contributed by atoms with Crippen molar-refractivity contribution in [3.63, 3.8) is 0 Å². The van der Waals surface area contributed by atoms with Gasteiger partial charge in [-0.15, -0.1) is 0 Å². The van der Waals surface area contributed by atoms with Crippen molar-refractivity contribution < 1.29 is 9.90 Å². The molecule has 0 bridgehead atoms. The summed E-state index contributed by atoms with van der Waals surface area (Å²) in [6.07, 6.45) is 5.30. The molecule has 2 aromatic carbocycles. The van der Waals surface area contributed by atoms with Gasteiger partial charge in [0.15, 0.2) is 0 Å². The molecule has 178 valence electrons. The first-order valence-corrected chi connectivity index (χ1v) is 12.2. The second kappa shape index (κ2) is 10.7. The monoisotopic (exact) mass is 466 g/mol. The van der Waals surface area contributed by atoms with Crippen molar-refractivity contribution in [3.05, 3.63) is 95.8 Å². The van der Waals surface area contributed by atoms with Gasteiger partial charge in [-0.1, -0.05) is 42.2 Å². The predicted molar refractivity (Wildman–Crippen MR) is 137 cm³/mol. The minimum atomic E-state index is -0.0872. The number of anilines is 1. The van der Waals surface area contributed by atoms with Gasteiger partial charge in [-0.05, 0) is 61.3 Å². The fourth-order valence-corrected chi connectivity index (χ4v) is 5.22. The standard InChI is InChI=1S/C29H30N4O2/c34-21-27-28(24-12-10-23(11-13-24)9-8-22-6-2-1-3-7-22)26-20-32(18-4-5-19-33(26)27)29(35)31-25-14-16-30-17-15-25/h1-3,6-7,10-17,26-28,34H,4-5,18-21H2,(H,30,31,35). The molecule has 35 heavy (non-hydrogen) atoms. The van der Waals surface area contributed by atoms with Gasteiger partial charge in [0.1, 0.15) is 0 Å². The molecule has 2 amide bonds. The first-order valence-electron chi connectivity index (χ1n) is 12.2. The highest BCUT2D eigenvalue weighted by molar-refractivity contribution is 5.89. The Kier molecular flexibility index (Phi) is 7.08. The van der Waals surface area contributed by atoms with Gasteiger partial charge in [-0.3, -0.25) is 9.88 Å². The molecule has 3 heterocycles. The number of nitrogens with one attached hydrogen (secondary N) is 1. The number of pyridine rings is 1. The highest BCUT2D eigenvalue weighted by Crippen LogP contribution is 2.42. The molecular formula is C29H30N4O2. The van der Waals surface area contributed by atoms with E-state index in [0.29, 0.717) is 6.54 Å². The molecule has 0 aliphatic carbocycles. The number of aliphatic hydroxyl groups is 1. The Morgan fingerprint density at radius 3 is 2.34 bits per heavy atom. The van der Waals surface area contributed by atoms with Crippen molar-refractivity contribution in [2.75, 3.05) is 31.6 Å². The zero-order chi connectivity index (χ0) is 24.0. The van der Waals surface area contributed by atoms with Crippen LogP contribution in [0.4, 0.5) is 10.5 Å². The number of rotatable bonds is 3. The minimum absolute atomic E-state index is 0.0736. The van der Waals surface area contributed by atoms with E-state index in [9.17, 15) is 9.90 Å². The average Bonchev–Trinajstić information content (AvgIpc) is 2.88. The Bertz CT molecular complexity index is 1190. The number of fused-ring (bicyclic) bond motifs is 1.